The first-order valence-corrected chi connectivity index (χ1v) is 15.2. The minimum Gasteiger partial charge on any atom is -0.431 e. The molecule has 10 heteroatoms. The summed E-state index contributed by atoms with van der Waals surface area (Å²) in [6.07, 6.45) is 1.24. The summed E-state index contributed by atoms with van der Waals surface area (Å²) in [6.45, 7) is 7.56. The molecule has 0 bridgehead atoms. The Labute approximate surface area is 245 Å². The van der Waals surface area contributed by atoms with Crippen molar-refractivity contribution < 1.29 is 46.9 Å². The molecule has 4 saturated carbocycles. The Hall–Kier alpha value is -2.36. The second kappa shape index (κ2) is 10.7. The predicted octanol–water partition coefficient (Wildman–Crippen LogP) is 6.13. The Bertz CT molecular complexity index is 1180. The smallest absolute Gasteiger partial charge is 0.431 e. The Morgan fingerprint density at radius 1 is 1.12 bits per heavy atom. The molecule has 0 aromatic rings. The van der Waals surface area contributed by atoms with Gasteiger partial charge in [0.2, 0.25) is 12.5 Å². The number of aliphatic hydroxyl groups excluding tert-OH is 1. The van der Waals surface area contributed by atoms with E-state index in [4.69, 9.17) is 14.2 Å². The van der Waals surface area contributed by atoms with Crippen LogP contribution in [0.2, 0.25) is 0 Å². The molecule has 0 heterocycles. The molecule has 0 amide bonds. The highest BCUT2D eigenvalue weighted by Gasteiger charge is 2.79. The van der Waals surface area contributed by atoms with Gasteiger partial charge in [0.05, 0.1) is 6.10 Å². The van der Waals surface area contributed by atoms with E-state index < -0.39 is 83.0 Å². The lowest BCUT2D eigenvalue weighted by molar-refractivity contribution is -0.235. The summed E-state index contributed by atoms with van der Waals surface area (Å²) in [5.41, 5.74) is -7.53. The highest BCUT2D eigenvalue weighted by atomic mass is 19.1. The molecular formula is C32H43F3O7. The third-order valence-electron chi connectivity index (χ3n) is 11.8. The van der Waals surface area contributed by atoms with Gasteiger partial charge in [-0.2, -0.15) is 0 Å². The fraction of sp³-hybridized carbons (Fsp3) is 0.781. The van der Waals surface area contributed by atoms with Crippen LogP contribution in [0, 0.1) is 40.4 Å². The van der Waals surface area contributed by atoms with Crippen LogP contribution in [0.1, 0.15) is 79.6 Å². The summed E-state index contributed by atoms with van der Waals surface area (Å²) in [7, 11) is 0. The number of alkyl halides is 3. The van der Waals surface area contributed by atoms with Crippen molar-refractivity contribution >= 4 is 17.9 Å². The largest absolute Gasteiger partial charge is 0.509 e. The zero-order chi connectivity index (χ0) is 30.8. The molecule has 4 fully saturated rings. The third-order valence-corrected chi connectivity index (χ3v) is 11.8. The third kappa shape index (κ3) is 4.28. The van der Waals surface area contributed by atoms with Gasteiger partial charge in [0, 0.05) is 22.7 Å². The first-order valence-electron chi connectivity index (χ1n) is 15.2. The van der Waals surface area contributed by atoms with Crippen LogP contribution in [0.15, 0.2) is 23.8 Å². The number of rotatable bonds is 5. The van der Waals surface area contributed by atoms with Crippen LogP contribution in [-0.2, 0) is 23.8 Å². The van der Waals surface area contributed by atoms with Crippen LogP contribution in [0.3, 0.4) is 0 Å². The van der Waals surface area contributed by atoms with Crippen LogP contribution < -0.4 is 0 Å². The van der Waals surface area contributed by atoms with Gasteiger partial charge in [-0.3, -0.25) is 4.79 Å². The summed E-state index contributed by atoms with van der Waals surface area (Å²) in [4.78, 5) is 39.0. The maximum absolute atomic E-state index is 17.5. The first kappa shape index (κ1) is 31.1. The van der Waals surface area contributed by atoms with E-state index in [2.05, 4.69) is 13.8 Å². The molecular weight excluding hydrogens is 553 g/mol. The van der Waals surface area contributed by atoms with Crippen molar-refractivity contribution in [2.45, 2.75) is 109 Å². The fourth-order valence-electron chi connectivity index (χ4n) is 9.54. The molecule has 0 aromatic carbocycles. The summed E-state index contributed by atoms with van der Waals surface area (Å²) in [5.74, 6) is -3.18. The number of carbonyl (C=O) groups excluding carboxylic acids is 3. The molecule has 0 unspecified atom stereocenters. The van der Waals surface area contributed by atoms with E-state index in [-0.39, 0.29) is 24.8 Å². The maximum atomic E-state index is 17.5. The summed E-state index contributed by atoms with van der Waals surface area (Å²) < 4.78 is 63.1. The van der Waals surface area contributed by atoms with Gasteiger partial charge in [0.25, 0.3) is 0 Å². The Kier molecular flexibility index (Phi) is 7.89. The van der Waals surface area contributed by atoms with Gasteiger partial charge in [-0.1, -0.05) is 33.8 Å². The van der Waals surface area contributed by atoms with Crippen molar-refractivity contribution in [1.82, 2.24) is 0 Å². The van der Waals surface area contributed by atoms with E-state index in [0.29, 0.717) is 24.7 Å². The quantitative estimate of drug-likeness (QED) is 0.382. The van der Waals surface area contributed by atoms with Crippen LogP contribution in [0.5, 0.6) is 0 Å². The normalized spacial score (nSPS) is 46.3. The molecule has 5 aliphatic rings. The molecule has 1 N–H and O–H groups in total. The van der Waals surface area contributed by atoms with E-state index >= 15 is 8.78 Å². The van der Waals surface area contributed by atoms with Gasteiger partial charge in [-0.05, 0) is 87.3 Å². The van der Waals surface area contributed by atoms with Gasteiger partial charge >= 0.3 is 12.1 Å². The second-order valence-corrected chi connectivity index (χ2v) is 14.0. The fourth-order valence-corrected chi connectivity index (χ4v) is 9.54. The summed E-state index contributed by atoms with van der Waals surface area (Å²) in [6, 6.07) is 0. The van der Waals surface area contributed by atoms with Crippen LogP contribution >= 0.6 is 0 Å². The van der Waals surface area contributed by atoms with Crippen molar-refractivity contribution in [2.24, 2.45) is 40.4 Å². The standard InChI is InChI=1S/C32H43F3O7/c1-17(2)19-6-8-21(9-7-19)41-28(39)42-32(27(38)40-16-33)18(3)12-22-23-14-25(34)24-13-20(36)10-11-29(24,4)31(23,35)26(37)15-30(22,32)5/h10-11,13,17-19,21-23,25-26,37H,6-9,12,14-16H2,1-5H3/t18-,19?,21?,22+,23+,25+,26+,29+,30+,31+,32+/m1/s1. The first-order chi connectivity index (χ1) is 19.7. The SMILES string of the molecule is CC(C)C1CCC(OC(=O)O[C@]2(C(=O)OCF)[C@H](C)C[C@H]3[C@@H]4C[C@H](F)C5=CC(=O)C=C[C@]5(C)[C@@]4(F)[C@@H](O)C[C@@]32C)CC1. The predicted molar refractivity (Wildman–Crippen MR) is 146 cm³/mol. The zero-order valence-electron chi connectivity index (χ0n) is 25.0. The molecule has 0 aliphatic heterocycles. The molecule has 9 atom stereocenters. The molecule has 234 valence electrons. The lowest BCUT2D eigenvalue weighted by atomic mass is 9.44. The number of halogens is 3. The molecule has 5 rings (SSSR count). The van der Waals surface area contributed by atoms with E-state index in [0.717, 1.165) is 18.9 Å². The van der Waals surface area contributed by atoms with Gasteiger partial charge in [0.15, 0.2) is 11.5 Å². The van der Waals surface area contributed by atoms with E-state index in [1.807, 2.05) is 0 Å². The van der Waals surface area contributed by atoms with Gasteiger partial charge in [0.1, 0.15) is 12.3 Å². The van der Waals surface area contributed by atoms with Gasteiger partial charge in [-0.15, -0.1) is 0 Å². The summed E-state index contributed by atoms with van der Waals surface area (Å²) in [5, 5.41) is 11.6. The van der Waals surface area contributed by atoms with Crippen molar-refractivity contribution in [1.29, 1.82) is 0 Å². The topological polar surface area (TPSA) is 99.1 Å². The van der Waals surface area contributed by atoms with Crippen LogP contribution in [0.4, 0.5) is 18.0 Å². The van der Waals surface area contributed by atoms with E-state index in [9.17, 15) is 23.9 Å². The lowest BCUT2D eigenvalue weighted by Gasteiger charge is -2.62. The van der Waals surface area contributed by atoms with E-state index in [1.54, 1.807) is 13.8 Å². The molecule has 0 radical (unpaired) electrons. The number of ether oxygens (including phenoxy) is 3. The zero-order valence-corrected chi connectivity index (χ0v) is 25.0. The average Bonchev–Trinajstić information content (AvgIpc) is 3.14. The number of hydrogen-bond acceptors (Lipinski definition) is 7. The van der Waals surface area contributed by atoms with E-state index in [1.165, 1.54) is 19.1 Å². The Balaban J connectivity index is 1.49. The number of ketones is 1. The number of allylic oxidation sites excluding steroid dienone is 4. The van der Waals surface area contributed by atoms with Crippen LogP contribution in [0.25, 0.3) is 0 Å². The molecule has 0 aromatic heterocycles. The minimum atomic E-state index is -2.38. The highest BCUT2D eigenvalue weighted by molar-refractivity contribution is 6.01. The van der Waals surface area contributed by atoms with Crippen LogP contribution in [-0.4, -0.2) is 59.5 Å². The second-order valence-electron chi connectivity index (χ2n) is 14.0. The minimum absolute atomic E-state index is 0.0161. The van der Waals surface area contributed by atoms with Gasteiger partial charge in [-0.25, -0.2) is 22.8 Å². The summed E-state index contributed by atoms with van der Waals surface area (Å²) >= 11 is 0. The number of aliphatic hydroxyl groups is 1. The number of esters is 1. The van der Waals surface area contributed by atoms with Crippen molar-refractivity contribution in [3.8, 4) is 0 Å². The monoisotopic (exact) mass is 596 g/mol. The maximum Gasteiger partial charge on any atom is 0.509 e. The molecule has 5 aliphatic carbocycles. The van der Waals surface area contributed by atoms with Gasteiger partial charge < -0.3 is 19.3 Å². The van der Waals surface area contributed by atoms with Crippen molar-refractivity contribution in [3.05, 3.63) is 23.8 Å². The van der Waals surface area contributed by atoms with Crippen molar-refractivity contribution in [3.63, 3.8) is 0 Å². The number of fused-ring (bicyclic) bond motifs is 5. The molecule has 42 heavy (non-hydrogen) atoms. The lowest BCUT2D eigenvalue weighted by Crippen LogP contribution is -2.71. The molecule has 7 nitrogen and oxygen atoms in total. The Morgan fingerprint density at radius 3 is 2.40 bits per heavy atom. The number of carbonyl (C=O) groups is 3. The Morgan fingerprint density at radius 2 is 1.79 bits per heavy atom. The van der Waals surface area contributed by atoms with Crippen molar-refractivity contribution in [2.75, 3.05) is 6.86 Å². The highest BCUT2D eigenvalue weighted by Crippen LogP contribution is 2.71. The average molecular weight is 597 g/mol. The molecule has 0 saturated heterocycles. The number of hydrogen-bond donors (Lipinski definition) is 1. The molecule has 0 spiro atoms.